The lowest BCUT2D eigenvalue weighted by Crippen LogP contribution is -2.52. The van der Waals surface area contributed by atoms with Gasteiger partial charge in [-0.2, -0.15) is 0 Å². The van der Waals surface area contributed by atoms with Gasteiger partial charge >= 0.3 is 0 Å². The fraction of sp³-hybridized carbons (Fsp3) is 0.474. The van der Waals surface area contributed by atoms with Gasteiger partial charge in [0.15, 0.2) is 16.8 Å². The number of benzene rings is 1. The Kier molecular flexibility index (Phi) is 7.12. The van der Waals surface area contributed by atoms with E-state index >= 15 is 0 Å². The summed E-state index contributed by atoms with van der Waals surface area (Å²) in [6.07, 6.45) is 6.30. The minimum Gasteiger partial charge on any atom is -0.396 e. The van der Waals surface area contributed by atoms with E-state index in [0.29, 0.717) is 13.0 Å². The van der Waals surface area contributed by atoms with Gasteiger partial charge in [-0.25, -0.2) is 18.7 Å². The second-order valence-corrected chi connectivity index (χ2v) is 7.47. The minimum absolute atomic E-state index is 0.0956. The second-order valence-electron chi connectivity index (χ2n) is 6.70. The van der Waals surface area contributed by atoms with Gasteiger partial charge in [0.25, 0.3) is 0 Å². The Morgan fingerprint density at radius 1 is 1.11 bits per heavy atom. The molecule has 0 spiro atoms. The number of aliphatic hydroxyl groups is 1. The molecule has 1 aliphatic rings. The molecule has 1 fully saturated rings. The molecule has 146 valence electrons. The van der Waals surface area contributed by atoms with Crippen molar-refractivity contribution in [2.75, 3.05) is 32.5 Å². The first kappa shape index (κ1) is 20.1. The number of piperazine rings is 1. The van der Waals surface area contributed by atoms with Crippen LogP contribution in [-0.2, 0) is 13.1 Å². The zero-order chi connectivity index (χ0) is 19.2. The number of rotatable bonds is 7. The van der Waals surface area contributed by atoms with Gasteiger partial charge in [-0.05, 0) is 30.4 Å². The van der Waals surface area contributed by atoms with Crippen LogP contribution in [0.25, 0.3) is 0 Å². The topological polar surface area (TPSA) is 52.5 Å². The summed E-state index contributed by atoms with van der Waals surface area (Å²) in [4.78, 5) is 13.2. The molecule has 0 bridgehead atoms. The monoisotopic (exact) mass is 394 g/mol. The molecular formula is C19H24F2N4OS. The van der Waals surface area contributed by atoms with Gasteiger partial charge in [-0.3, -0.25) is 9.80 Å². The molecule has 1 aliphatic heterocycles. The molecule has 1 saturated heterocycles. The first-order valence-corrected chi connectivity index (χ1v) is 10.2. The van der Waals surface area contributed by atoms with Gasteiger partial charge in [0.05, 0.1) is 0 Å². The van der Waals surface area contributed by atoms with Crippen LogP contribution in [0.3, 0.4) is 0 Å². The van der Waals surface area contributed by atoms with Gasteiger partial charge < -0.3 is 5.11 Å². The molecule has 8 heteroatoms. The Bertz CT molecular complexity index is 747. The van der Waals surface area contributed by atoms with Crippen LogP contribution in [0.4, 0.5) is 8.78 Å². The Hall–Kier alpha value is -1.61. The number of aromatic nitrogens is 2. The number of thioether (sulfide) groups is 1. The first-order chi connectivity index (χ1) is 13.1. The van der Waals surface area contributed by atoms with Crippen LogP contribution >= 0.6 is 11.8 Å². The van der Waals surface area contributed by atoms with Crippen LogP contribution in [0.1, 0.15) is 17.5 Å². The molecule has 1 aromatic carbocycles. The Balaban J connectivity index is 1.62. The normalized spacial score (nSPS) is 18.7. The van der Waals surface area contributed by atoms with E-state index in [1.54, 1.807) is 6.07 Å². The predicted molar refractivity (Wildman–Crippen MR) is 101 cm³/mol. The molecule has 27 heavy (non-hydrogen) atoms. The summed E-state index contributed by atoms with van der Waals surface area (Å²) in [5.41, 5.74) is 1.80. The van der Waals surface area contributed by atoms with Gasteiger partial charge in [0.1, 0.15) is 0 Å². The maximum atomic E-state index is 13.5. The van der Waals surface area contributed by atoms with Crippen molar-refractivity contribution >= 4 is 11.8 Å². The lowest BCUT2D eigenvalue weighted by atomic mass is 10.1. The Morgan fingerprint density at radius 3 is 2.56 bits per heavy atom. The highest BCUT2D eigenvalue weighted by Crippen LogP contribution is 2.19. The smallest absolute Gasteiger partial charge is 0.187 e. The fourth-order valence-corrected chi connectivity index (χ4v) is 3.71. The Morgan fingerprint density at radius 2 is 1.89 bits per heavy atom. The van der Waals surface area contributed by atoms with Crippen molar-refractivity contribution in [2.45, 2.75) is 30.7 Å². The molecule has 0 radical (unpaired) electrons. The van der Waals surface area contributed by atoms with Crippen molar-refractivity contribution < 1.29 is 13.9 Å². The van der Waals surface area contributed by atoms with Crippen LogP contribution in [0.5, 0.6) is 0 Å². The van der Waals surface area contributed by atoms with Crippen molar-refractivity contribution in [3.05, 3.63) is 53.4 Å². The van der Waals surface area contributed by atoms with Crippen LogP contribution in [0, 0.1) is 11.6 Å². The van der Waals surface area contributed by atoms with Crippen LogP contribution < -0.4 is 0 Å². The van der Waals surface area contributed by atoms with Gasteiger partial charge in [0.2, 0.25) is 0 Å². The molecule has 1 atom stereocenters. The summed E-state index contributed by atoms with van der Waals surface area (Å²) in [7, 11) is 0. The van der Waals surface area contributed by atoms with Crippen molar-refractivity contribution in [2.24, 2.45) is 0 Å². The molecule has 1 N–H and O–H groups in total. The van der Waals surface area contributed by atoms with E-state index < -0.39 is 11.6 Å². The highest BCUT2D eigenvalue weighted by atomic mass is 32.2. The van der Waals surface area contributed by atoms with E-state index in [-0.39, 0.29) is 12.6 Å². The fourth-order valence-electron chi connectivity index (χ4n) is 3.39. The molecule has 3 rings (SSSR count). The molecule has 1 aromatic heterocycles. The SMILES string of the molecule is CSc1ncc(CN2CCN(Cc3ccc(F)c(F)c3)C(CCO)C2)cn1. The first-order valence-electron chi connectivity index (χ1n) is 8.95. The van der Waals surface area contributed by atoms with Crippen LogP contribution in [-0.4, -0.2) is 63.4 Å². The van der Waals surface area contributed by atoms with Crippen molar-refractivity contribution in [1.82, 2.24) is 19.8 Å². The maximum Gasteiger partial charge on any atom is 0.187 e. The molecule has 0 saturated carbocycles. The summed E-state index contributed by atoms with van der Waals surface area (Å²) >= 11 is 1.51. The van der Waals surface area contributed by atoms with E-state index in [0.717, 1.165) is 42.5 Å². The molecule has 2 heterocycles. The highest BCUT2D eigenvalue weighted by molar-refractivity contribution is 7.98. The number of aliphatic hydroxyl groups excluding tert-OH is 1. The van der Waals surface area contributed by atoms with Crippen LogP contribution in [0.15, 0.2) is 35.7 Å². The second kappa shape index (κ2) is 9.54. The maximum absolute atomic E-state index is 13.5. The minimum atomic E-state index is -0.829. The Labute approximate surface area is 162 Å². The van der Waals surface area contributed by atoms with Crippen molar-refractivity contribution in [1.29, 1.82) is 0 Å². The third-order valence-corrected chi connectivity index (χ3v) is 5.37. The van der Waals surface area contributed by atoms with E-state index in [1.165, 1.54) is 23.9 Å². The summed E-state index contributed by atoms with van der Waals surface area (Å²) in [6, 6.07) is 4.19. The van der Waals surface area contributed by atoms with Gasteiger partial charge in [0, 0.05) is 63.3 Å². The molecular weight excluding hydrogens is 370 g/mol. The highest BCUT2D eigenvalue weighted by Gasteiger charge is 2.27. The number of hydrogen-bond donors (Lipinski definition) is 1. The lowest BCUT2D eigenvalue weighted by molar-refractivity contribution is 0.0498. The number of nitrogens with zero attached hydrogens (tertiary/aromatic N) is 4. The summed E-state index contributed by atoms with van der Waals surface area (Å²) in [6.45, 7) is 3.85. The summed E-state index contributed by atoms with van der Waals surface area (Å²) in [5.74, 6) is -1.65. The van der Waals surface area contributed by atoms with Gasteiger partial charge in [-0.1, -0.05) is 17.8 Å². The molecule has 1 unspecified atom stereocenters. The van der Waals surface area contributed by atoms with E-state index in [2.05, 4.69) is 19.8 Å². The standard InChI is InChI=1S/C19H24F2N4OS/c1-27-19-22-9-15(10-23-19)11-24-5-6-25(16(13-24)4-7-26)12-14-2-3-17(20)18(21)8-14/h2-3,8-10,16,26H,4-7,11-13H2,1H3. The lowest BCUT2D eigenvalue weighted by Gasteiger charge is -2.41. The summed E-state index contributed by atoms with van der Waals surface area (Å²) < 4.78 is 26.6. The number of halogens is 2. The third-order valence-electron chi connectivity index (χ3n) is 4.79. The molecule has 5 nitrogen and oxygen atoms in total. The van der Waals surface area contributed by atoms with E-state index in [1.807, 2.05) is 18.6 Å². The number of hydrogen-bond acceptors (Lipinski definition) is 6. The quantitative estimate of drug-likeness (QED) is 0.575. The zero-order valence-corrected chi connectivity index (χ0v) is 16.1. The average molecular weight is 394 g/mol. The molecule has 0 amide bonds. The van der Waals surface area contributed by atoms with Crippen molar-refractivity contribution in [3.8, 4) is 0 Å². The third kappa shape index (κ3) is 5.44. The van der Waals surface area contributed by atoms with Gasteiger partial charge in [-0.15, -0.1) is 0 Å². The average Bonchev–Trinajstić information content (AvgIpc) is 2.67. The summed E-state index contributed by atoms with van der Waals surface area (Å²) in [5, 5.41) is 10.2. The largest absolute Gasteiger partial charge is 0.396 e. The van der Waals surface area contributed by atoms with Crippen molar-refractivity contribution in [3.63, 3.8) is 0 Å². The molecule has 2 aromatic rings. The predicted octanol–water partition coefficient (Wildman–Crippen LogP) is 2.55. The van der Waals surface area contributed by atoms with E-state index in [4.69, 9.17) is 0 Å². The zero-order valence-electron chi connectivity index (χ0n) is 15.3. The van der Waals surface area contributed by atoms with E-state index in [9.17, 15) is 13.9 Å². The van der Waals surface area contributed by atoms with Crippen LogP contribution in [0.2, 0.25) is 0 Å². The molecule has 0 aliphatic carbocycles.